The number of carbonyl (C=O) groups excluding carboxylic acids is 1. The molecule has 3 N–H and O–H groups in total. The first-order valence-corrected chi connectivity index (χ1v) is 7.67. The van der Waals surface area contributed by atoms with Crippen molar-refractivity contribution in [3.63, 3.8) is 0 Å². The number of benzene rings is 1. The van der Waals surface area contributed by atoms with Crippen molar-refractivity contribution >= 4 is 5.91 Å². The molecule has 1 aliphatic rings. The summed E-state index contributed by atoms with van der Waals surface area (Å²) in [6.07, 6.45) is 5.08. The lowest BCUT2D eigenvalue weighted by atomic mass is 9.87. The quantitative estimate of drug-likeness (QED) is 0.867. The van der Waals surface area contributed by atoms with Crippen molar-refractivity contribution < 1.29 is 4.79 Å². The largest absolute Gasteiger partial charge is 0.345 e. The van der Waals surface area contributed by atoms with E-state index in [9.17, 15) is 4.79 Å². The molecular weight excluding hydrogens is 248 g/mol. The van der Waals surface area contributed by atoms with Gasteiger partial charge in [0, 0.05) is 0 Å². The number of carbonyl (C=O) groups is 1. The van der Waals surface area contributed by atoms with Crippen molar-refractivity contribution in [3.05, 3.63) is 35.9 Å². The van der Waals surface area contributed by atoms with Gasteiger partial charge in [-0.3, -0.25) is 4.79 Å². The summed E-state index contributed by atoms with van der Waals surface area (Å²) >= 11 is 0. The Morgan fingerprint density at radius 1 is 1.25 bits per heavy atom. The minimum Gasteiger partial charge on any atom is -0.345 e. The molecule has 0 unspecified atom stereocenters. The van der Waals surface area contributed by atoms with Gasteiger partial charge < -0.3 is 11.1 Å². The number of nitrogens with one attached hydrogen (secondary N) is 1. The van der Waals surface area contributed by atoms with E-state index in [4.69, 9.17) is 5.73 Å². The predicted molar refractivity (Wildman–Crippen MR) is 82.2 cm³/mol. The Bertz CT molecular complexity index is 436. The lowest BCUT2D eigenvalue weighted by Gasteiger charge is -2.32. The highest BCUT2D eigenvalue weighted by atomic mass is 16.2. The van der Waals surface area contributed by atoms with Crippen molar-refractivity contribution in [3.8, 4) is 0 Å². The Kier molecular flexibility index (Phi) is 4.81. The normalized spacial score (nSPS) is 19.0. The maximum absolute atomic E-state index is 12.4. The van der Waals surface area contributed by atoms with Crippen LogP contribution in [0, 0.1) is 5.92 Å². The maximum atomic E-state index is 12.4. The number of rotatable bonds is 5. The van der Waals surface area contributed by atoms with Gasteiger partial charge in [0.1, 0.15) is 0 Å². The fraction of sp³-hybridized carbons (Fsp3) is 0.588. The van der Waals surface area contributed by atoms with Gasteiger partial charge in [0.25, 0.3) is 0 Å². The van der Waals surface area contributed by atoms with Crippen molar-refractivity contribution in [1.29, 1.82) is 0 Å². The van der Waals surface area contributed by atoms with E-state index in [1.807, 2.05) is 18.2 Å². The average Bonchev–Trinajstić information content (AvgIpc) is 2.88. The van der Waals surface area contributed by atoms with Crippen molar-refractivity contribution in [2.24, 2.45) is 11.7 Å². The molecule has 3 nitrogen and oxygen atoms in total. The smallest absolute Gasteiger partial charge is 0.237 e. The molecule has 3 heteroatoms. The molecule has 2 rings (SSSR count). The highest BCUT2D eigenvalue weighted by molar-refractivity contribution is 5.82. The molecule has 0 aliphatic heterocycles. The van der Waals surface area contributed by atoms with Crippen LogP contribution in [-0.2, 0) is 10.3 Å². The number of amides is 1. The Hall–Kier alpha value is -1.35. The van der Waals surface area contributed by atoms with Crippen molar-refractivity contribution in [1.82, 2.24) is 5.32 Å². The molecule has 0 radical (unpaired) electrons. The van der Waals surface area contributed by atoms with Crippen LogP contribution in [0.4, 0.5) is 0 Å². The van der Waals surface area contributed by atoms with Gasteiger partial charge in [-0.2, -0.15) is 0 Å². The second-order valence-corrected chi connectivity index (χ2v) is 6.38. The van der Waals surface area contributed by atoms with E-state index in [1.54, 1.807) is 0 Å². The molecule has 1 aliphatic carbocycles. The predicted octanol–water partition coefficient (Wildman–Crippen LogP) is 2.95. The molecular formula is C17H26N2O. The first-order chi connectivity index (χ1) is 9.53. The Morgan fingerprint density at radius 2 is 1.85 bits per heavy atom. The molecule has 1 atom stereocenters. The second kappa shape index (κ2) is 6.40. The lowest BCUT2D eigenvalue weighted by Crippen LogP contribution is -2.50. The molecule has 1 saturated carbocycles. The van der Waals surface area contributed by atoms with Crippen LogP contribution in [0.15, 0.2) is 30.3 Å². The zero-order chi connectivity index (χ0) is 14.6. The van der Waals surface area contributed by atoms with Gasteiger partial charge >= 0.3 is 0 Å². The van der Waals surface area contributed by atoms with E-state index < -0.39 is 6.04 Å². The molecule has 1 aromatic rings. The first kappa shape index (κ1) is 15.0. The first-order valence-electron chi connectivity index (χ1n) is 7.67. The zero-order valence-electron chi connectivity index (χ0n) is 12.6. The van der Waals surface area contributed by atoms with Gasteiger partial charge in [-0.25, -0.2) is 0 Å². The van der Waals surface area contributed by atoms with E-state index in [0.717, 1.165) is 32.1 Å². The van der Waals surface area contributed by atoms with Crippen LogP contribution in [-0.4, -0.2) is 11.9 Å². The molecule has 1 fully saturated rings. The summed E-state index contributed by atoms with van der Waals surface area (Å²) in [4.78, 5) is 12.4. The average molecular weight is 274 g/mol. The SMILES string of the molecule is CC(C)C[C@H](N)C(=O)NC1(c2ccccc2)CCCC1. The van der Waals surface area contributed by atoms with Crippen LogP contribution in [0.3, 0.4) is 0 Å². The van der Waals surface area contributed by atoms with E-state index in [-0.39, 0.29) is 11.4 Å². The van der Waals surface area contributed by atoms with Gasteiger partial charge in [0.15, 0.2) is 0 Å². The van der Waals surface area contributed by atoms with E-state index in [1.165, 1.54) is 5.56 Å². The second-order valence-electron chi connectivity index (χ2n) is 6.38. The van der Waals surface area contributed by atoms with Gasteiger partial charge in [-0.05, 0) is 30.7 Å². The minimum atomic E-state index is -0.406. The summed E-state index contributed by atoms with van der Waals surface area (Å²) in [5.74, 6) is 0.427. The van der Waals surface area contributed by atoms with Crippen molar-refractivity contribution in [2.75, 3.05) is 0 Å². The van der Waals surface area contributed by atoms with Gasteiger partial charge in [0.05, 0.1) is 11.6 Å². The van der Waals surface area contributed by atoms with E-state index in [2.05, 4.69) is 31.3 Å². The fourth-order valence-corrected chi connectivity index (χ4v) is 3.17. The lowest BCUT2D eigenvalue weighted by molar-refractivity contribution is -0.124. The number of hydrogen-bond donors (Lipinski definition) is 2. The summed E-state index contributed by atoms with van der Waals surface area (Å²) in [6, 6.07) is 9.90. The Labute approximate surface area is 121 Å². The molecule has 0 heterocycles. The number of nitrogens with two attached hydrogens (primary N) is 1. The van der Waals surface area contributed by atoms with Crippen LogP contribution in [0.2, 0.25) is 0 Å². The molecule has 20 heavy (non-hydrogen) atoms. The van der Waals surface area contributed by atoms with Crippen molar-refractivity contribution in [2.45, 2.75) is 57.5 Å². The third-order valence-electron chi connectivity index (χ3n) is 4.21. The highest BCUT2D eigenvalue weighted by Crippen LogP contribution is 2.38. The van der Waals surface area contributed by atoms with Crippen LogP contribution in [0.1, 0.15) is 51.5 Å². The summed E-state index contributed by atoms with van der Waals surface area (Å²) in [7, 11) is 0. The van der Waals surface area contributed by atoms with Crippen LogP contribution in [0.5, 0.6) is 0 Å². The molecule has 1 aromatic carbocycles. The Balaban J connectivity index is 2.12. The van der Waals surface area contributed by atoms with Gasteiger partial charge in [0.2, 0.25) is 5.91 Å². The third kappa shape index (κ3) is 3.40. The van der Waals surface area contributed by atoms with Crippen LogP contribution < -0.4 is 11.1 Å². The highest BCUT2D eigenvalue weighted by Gasteiger charge is 2.37. The topological polar surface area (TPSA) is 55.1 Å². The van der Waals surface area contributed by atoms with Crippen LogP contribution >= 0.6 is 0 Å². The summed E-state index contributed by atoms with van der Waals surface area (Å²) in [6.45, 7) is 4.19. The summed E-state index contributed by atoms with van der Waals surface area (Å²) in [5, 5.41) is 3.25. The maximum Gasteiger partial charge on any atom is 0.237 e. The number of hydrogen-bond acceptors (Lipinski definition) is 2. The molecule has 0 spiro atoms. The minimum absolute atomic E-state index is 0.00977. The van der Waals surface area contributed by atoms with Gasteiger partial charge in [-0.1, -0.05) is 57.0 Å². The van der Waals surface area contributed by atoms with Crippen LogP contribution in [0.25, 0.3) is 0 Å². The Morgan fingerprint density at radius 3 is 2.40 bits per heavy atom. The standard InChI is InChI=1S/C17H26N2O/c1-13(2)12-15(18)16(20)19-17(10-6-7-11-17)14-8-4-3-5-9-14/h3-5,8-9,13,15H,6-7,10-12,18H2,1-2H3,(H,19,20)/t15-/m0/s1. The molecule has 0 saturated heterocycles. The molecule has 0 bridgehead atoms. The summed E-state index contributed by atoms with van der Waals surface area (Å²) in [5.41, 5.74) is 7.03. The molecule has 110 valence electrons. The third-order valence-corrected chi connectivity index (χ3v) is 4.21. The summed E-state index contributed by atoms with van der Waals surface area (Å²) < 4.78 is 0. The van der Waals surface area contributed by atoms with Gasteiger partial charge in [-0.15, -0.1) is 0 Å². The monoisotopic (exact) mass is 274 g/mol. The molecule has 1 amide bonds. The molecule has 0 aromatic heterocycles. The fourth-order valence-electron chi connectivity index (χ4n) is 3.17. The zero-order valence-corrected chi connectivity index (χ0v) is 12.6. The van der Waals surface area contributed by atoms with E-state index in [0.29, 0.717) is 5.92 Å². The van der Waals surface area contributed by atoms with E-state index >= 15 is 0 Å².